The third kappa shape index (κ3) is 3.69. The smallest absolute Gasteiger partial charge is 0.0741 e. The van der Waals surface area contributed by atoms with Gasteiger partial charge in [0.05, 0.1) is 11.6 Å². The number of rotatable bonds is 3. The lowest BCUT2D eigenvalue weighted by molar-refractivity contribution is 0.107. The number of hydrogen-bond donors (Lipinski definition) is 2. The van der Waals surface area contributed by atoms with Gasteiger partial charge in [0.1, 0.15) is 0 Å². The van der Waals surface area contributed by atoms with Crippen LogP contribution in [0.15, 0.2) is 0 Å². The Morgan fingerprint density at radius 3 is 2.43 bits per heavy atom. The molecule has 14 heavy (non-hydrogen) atoms. The second-order valence-corrected chi connectivity index (χ2v) is 4.82. The van der Waals surface area contributed by atoms with Gasteiger partial charge in [0.15, 0.2) is 0 Å². The molecule has 2 nitrogen and oxygen atoms in total. The largest absolute Gasteiger partial charge is 0.393 e. The third-order valence-corrected chi connectivity index (χ3v) is 3.01. The zero-order chi connectivity index (χ0) is 10.6. The SMILES string of the molecule is C#CC(C)(C)NCC1CCC(O)CC1. The van der Waals surface area contributed by atoms with Gasteiger partial charge in [0, 0.05) is 0 Å². The molecule has 2 N–H and O–H groups in total. The van der Waals surface area contributed by atoms with Crippen LogP contribution >= 0.6 is 0 Å². The fourth-order valence-electron chi connectivity index (χ4n) is 1.80. The molecule has 0 aromatic heterocycles. The van der Waals surface area contributed by atoms with Gasteiger partial charge in [0.2, 0.25) is 0 Å². The minimum atomic E-state index is -0.198. The van der Waals surface area contributed by atoms with Crippen LogP contribution in [0.3, 0.4) is 0 Å². The van der Waals surface area contributed by atoms with Crippen molar-refractivity contribution in [3.63, 3.8) is 0 Å². The highest BCUT2D eigenvalue weighted by Gasteiger charge is 2.21. The van der Waals surface area contributed by atoms with Gasteiger partial charge >= 0.3 is 0 Å². The maximum absolute atomic E-state index is 9.35. The summed E-state index contributed by atoms with van der Waals surface area (Å²) in [6.45, 7) is 5.01. The first-order valence-electron chi connectivity index (χ1n) is 5.44. The van der Waals surface area contributed by atoms with E-state index in [2.05, 4.69) is 11.2 Å². The maximum atomic E-state index is 9.35. The van der Waals surface area contributed by atoms with Crippen LogP contribution in [0, 0.1) is 18.3 Å². The van der Waals surface area contributed by atoms with Crippen molar-refractivity contribution in [2.75, 3.05) is 6.54 Å². The molecule has 1 saturated carbocycles. The lowest BCUT2D eigenvalue weighted by Gasteiger charge is -2.28. The van der Waals surface area contributed by atoms with E-state index in [1.165, 1.54) is 0 Å². The fraction of sp³-hybridized carbons (Fsp3) is 0.833. The molecule has 1 aliphatic rings. The molecule has 1 rings (SSSR count). The third-order valence-electron chi connectivity index (χ3n) is 3.01. The summed E-state index contributed by atoms with van der Waals surface area (Å²) in [5.41, 5.74) is -0.198. The van der Waals surface area contributed by atoms with Gasteiger partial charge in [-0.05, 0) is 52.0 Å². The maximum Gasteiger partial charge on any atom is 0.0741 e. The van der Waals surface area contributed by atoms with Crippen LogP contribution < -0.4 is 5.32 Å². The molecule has 1 fully saturated rings. The molecule has 0 saturated heterocycles. The highest BCUT2D eigenvalue weighted by Crippen LogP contribution is 2.23. The van der Waals surface area contributed by atoms with E-state index < -0.39 is 0 Å². The number of hydrogen-bond acceptors (Lipinski definition) is 2. The molecular weight excluding hydrogens is 174 g/mol. The zero-order valence-electron chi connectivity index (χ0n) is 9.21. The van der Waals surface area contributed by atoms with Gasteiger partial charge in [-0.1, -0.05) is 5.92 Å². The standard InChI is InChI=1S/C12H21NO/c1-4-12(2,3)13-9-10-5-7-11(14)8-6-10/h1,10-11,13-14H,5-9H2,2-3H3. The van der Waals surface area contributed by atoms with Crippen molar-refractivity contribution in [3.8, 4) is 12.3 Å². The quantitative estimate of drug-likeness (QED) is 0.670. The molecule has 2 heteroatoms. The van der Waals surface area contributed by atoms with Crippen molar-refractivity contribution in [1.82, 2.24) is 5.32 Å². The topological polar surface area (TPSA) is 32.3 Å². The predicted molar refractivity (Wildman–Crippen MR) is 58.9 cm³/mol. The summed E-state index contributed by atoms with van der Waals surface area (Å²) in [7, 11) is 0. The molecule has 0 aromatic rings. The number of nitrogens with one attached hydrogen (secondary N) is 1. The van der Waals surface area contributed by atoms with E-state index in [1.54, 1.807) is 0 Å². The van der Waals surface area contributed by atoms with E-state index in [0.717, 1.165) is 32.2 Å². The van der Waals surface area contributed by atoms with E-state index in [9.17, 15) is 5.11 Å². The molecule has 0 aromatic carbocycles. The van der Waals surface area contributed by atoms with Gasteiger partial charge in [-0.3, -0.25) is 0 Å². The summed E-state index contributed by atoms with van der Waals surface area (Å²) in [5.74, 6) is 3.42. The van der Waals surface area contributed by atoms with Gasteiger partial charge in [0.25, 0.3) is 0 Å². The van der Waals surface area contributed by atoms with E-state index in [4.69, 9.17) is 6.42 Å². The molecule has 0 spiro atoms. The molecule has 1 aliphatic carbocycles. The Bertz CT molecular complexity index is 209. The van der Waals surface area contributed by atoms with Gasteiger partial charge in [-0.15, -0.1) is 6.42 Å². The van der Waals surface area contributed by atoms with Crippen LogP contribution in [0.25, 0.3) is 0 Å². The fourth-order valence-corrected chi connectivity index (χ4v) is 1.80. The average molecular weight is 195 g/mol. The Hall–Kier alpha value is -0.520. The number of aliphatic hydroxyl groups is 1. The van der Waals surface area contributed by atoms with Crippen LogP contribution in [0.5, 0.6) is 0 Å². The average Bonchev–Trinajstić information content (AvgIpc) is 2.17. The Balaban J connectivity index is 2.23. The molecule has 0 radical (unpaired) electrons. The summed E-state index contributed by atoms with van der Waals surface area (Å²) in [6, 6.07) is 0. The zero-order valence-corrected chi connectivity index (χ0v) is 9.21. The van der Waals surface area contributed by atoms with E-state index in [-0.39, 0.29) is 11.6 Å². The van der Waals surface area contributed by atoms with Crippen molar-refractivity contribution in [2.24, 2.45) is 5.92 Å². The van der Waals surface area contributed by atoms with Gasteiger partial charge < -0.3 is 10.4 Å². The summed E-state index contributed by atoms with van der Waals surface area (Å²) in [4.78, 5) is 0. The Kier molecular flexibility index (Phi) is 3.97. The summed E-state index contributed by atoms with van der Waals surface area (Å²) < 4.78 is 0. The van der Waals surface area contributed by atoms with E-state index in [0.29, 0.717) is 5.92 Å². The number of terminal acetylenes is 1. The second kappa shape index (κ2) is 4.82. The first-order chi connectivity index (χ1) is 6.53. The molecule has 0 bridgehead atoms. The van der Waals surface area contributed by atoms with Crippen molar-refractivity contribution in [1.29, 1.82) is 0 Å². The molecule has 80 valence electrons. The van der Waals surface area contributed by atoms with Crippen LogP contribution in [0.2, 0.25) is 0 Å². The summed E-state index contributed by atoms with van der Waals surface area (Å²) in [6.07, 6.45) is 9.46. The van der Waals surface area contributed by atoms with E-state index >= 15 is 0 Å². The van der Waals surface area contributed by atoms with Crippen molar-refractivity contribution in [3.05, 3.63) is 0 Å². The Labute approximate surface area is 87.1 Å². The lowest BCUT2D eigenvalue weighted by atomic mass is 9.87. The van der Waals surface area contributed by atoms with Crippen LogP contribution in [-0.4, -0.2) is 23.3 Å². The predicted octanol–water partition coefficient (Wildman–Crippen LogP) is 1.54. The summed E-state index contributed by atoms with van der Waals surface area (Å²) >= 11 is 0. The highest BCUT2D eigenvalue weighted by molar-refractivity contribution is 5.07. The summed E-state index contributed by atoms with van der Waals surface area (Å²) in [5, 5.41) is 12.7. The van der Waals surface area contributed by atoms with Crippen molar-refractivity contribution >= 4 is 0 Å². The molecule has 0 heterocycles. The van der Waals surface area contributed by atoms with Crippen LogP contribution in [-0.2, 0) is 0 Å². The monoisotopic (exact) mass is 195 g/mol. The second-order valence-electron chi connectivity index (χ2n) is 4.82. The minimum Gasteiger partial charge on any atom is -0.393 e. The molecular formula is C12H21NO. The molecule has 0 amide bonds. The highest BCUT2D eigenvalue weighted by atomic mass is 16.3. The lowest BCUT2D eigenvalue weighted by Crippen LogP contribution is -2.41. The number of aliphatic hydroxyl groups excluding tert-OH is 1. The minimum absolute atomic E-state index is 0.0631. The van der Waals surface area contributed by atoms with Gasteiger partial charge in [-0.2, -0.15) is 0 Å². The molecule has 0 atom stereocenters. The van der Waals surface area contributed by atoms with Crippen molar-refractivity contribution < 1.29 is 5.11 Å². The normalized spacial score (nSPS) is 28.4. The van der Waals surface area contributed by atoms with Crippen molar-refractivity contribution in [2.45, 2.75) is 51.2 Å². The molecule has 0 unspecified atom stereocenters. The Morgan fingerprint density at radius 1 is 1.36 bits per heavy atom. The molecule has 0 aliphatic heterocycles. The van der Waals surface area contributed by atoms with Gasteiger partial charge in [-0.25, -0.2) is 0 Å². The Morgan fingerprint density at radius 2 is 1.93 bits per heavy atom. The first-order valence-corrected chi connectivity index (χ1v) is 5.44. The van der Waals surface area contributed by atoms with Crippen LogP contribution in [0.1, 0.15) is 39.5 Å². The first kappa shape index (κ1) is 11.6. The van der Waals surface area contributed by atoms with E-state index in [1.807, 2.05) is 13.8 Å². The van der Waals surface area contributed by atoms with Crippen LogP contribution in [0.4, 0.5) is 0 Å².